The molecule has 0 amide bonds. The number of benzene rings is 2. The van der Waals surface area contributed by atoms with E-state index in [1.165, 1.54) is 6.08 Å². The van der Waals surface area contributed by atoms with Gasteiger partial charge in [0, 0.05) is 5.02 Å². The Balaban J connectivity index is 2.20. The lowest BCUT2D eigenvalue weighted by molar-refractivity contribution is -0.132. The minimum Gasteiger partial charge on any atom is -0.477 e. The summed E-state index contributed by atoms with van der Waals surface area (Å²) in [4.78, 5) is 10.8. The van der Waals surface area contributed by atoms with Crippen molar-refractivity contribution in [1.29, 1.82) is 0 Å². The third kappa shape index (κ3) is 4.35. The Labute approximate surface area is 138 Å². The van der Waals surface area contributed by atoms with E-state index in [0.29, 0.717) is 5.02 Å². The number of rotatable bonds is 5. The number of hydrazine groups is 1. The van der Waals surface area contributed by atoms with Crippen LogP contribution >= 0.6 is 11.6 Å². The number of carboxylic acid groups (broad SMARTS) is 1. The Morgan fingerprint density at radius 2 is 1.57 bits per heavy atom. The quantitative estimate of drug-likeness (QED) is 0.292. The molecule has 2 aromatic rings. The SMILES string of the molecule is NNC(/C=C/c1ccc(-c2ccc(Cl)cc2)cc1)=C(\N)C(=O)O. The minimum atomic E-state index is -1.24. The molecule has 5 nitrogen and oxygen atoms in total. The van der Waals surface area contributed by atoms with Gasteiger partial charge in [0.1, 0.15) is 5.70 Å². The number of allylic oxidation sites excluding steroid dienone is 1. The number of nitrogens with two attached hydrogens (primary N) is 2. The summed E-state index contributed by atoms with van der Waals surface area (Å²) in [7, 11) is 0. The number of nitrogens with one attached hydrogen (secondary N) is 1. The van der Waals surface area contributed by atoms with E-state index in [2.05, 4.69) is 5.43 Å². The van der Waals surface area contributed by atoms with Crippen LogP contribution < -0.4 is 17.0 Å². The molecule has 2 aromatic carbocycles. The van der Waals surface area contributed by atoms with Crippen molar-refractivity contribution in [2.24, 2.45) is 11.6 Å². The molecule has 0 fully saturated rings. The number of carbonyl (C=O) groups is 1. The highest BCUT2D eigenvalue weighted by Crippen LogP contribution is 2.22. The van der Waals surface area contributed by atoms with Crippen LogP contribution in [0.1, 0.15) is 5.56 Å². The molecule has 0 unspecified atom stereocenters. The maximum Gasteiger partial charge on any atom is 0.353 e. The first-order valence-corrected chi connectivity index (χ1v) is 7.13. The molecule has 0 atom stereocenters. The van der Waals surface area contributed by atoms with Crippen LogP contribution in [-0.4, -0.2) is 11.1 Å². The summed E-state index contributed by atoms with van der Waals surface area (Å²) >= 11 is 5.88. The zero-order valence-electron chi connectivity index (χ0n) is 12.2. The number of hydrogen-bond acceptors (Lipinski definition) is 4. The lowest BCUT2D eigenvalue weighted by Gasteiger charge is -2.04. The first-order valence-electron chi connectivity index (χ1n) is 6.75. The lowest BCUT2D eigenvalue weighted by atomic mass is 10.0. The van der Waals surface area contributed by atoms with Crippen molar-refractivity contribution in [3.63, 3.8) is 0 Å². The fourth-order valence-corrected chi connectivity index (χ4v) is 2.07. The van der Waals surface area contributed by atoms with Crippen LogP contribution in [0.3, 0.4) is 0 Å². The fraction of sp³-hybridized carbons (Fsp3) is 0. The molecule has 0 radical (unpaired) electrons. The summed E-state index contributed by atoms with van der Waals surface area (Å²) in [5, 5.41) is 9.53. The van der Waals surface area contributed by atoms with Gasteiger partial charge in [0.2, 0.25) is 0 Å². The largest absolute Gasteiger partial charge is 0.477 e. The summed E-state index contributed by atoms with van der Waals surface area (Å²) in [5.74, 6) is 4.04. The van der Waals surface area contributed by atoms with Crippen molar-refractivity contribution < 1.29 is 9.90 Å². The van der Waals surface area contributed by atoms with Gasteiger partial charge in [0.15, 0.2) is 0 Å². The van der Waals surface area contributed by atoms with Gasteiger partial charge in [-0.2, -0.15) is 0 Å². The molecule has 0 saturated heterocycles. The van der Waals surface area contributed by atoms with Gasteiger partial charge in [0.05, 0.1) is 5.70 Å². The van der Waals surface area contributed by atoms with E-state index in [9.17, 15) is 4.79 Å². The first kappa shape index (κ1) is 16.6. The molecular weight excluding hydrogens is 314 g/mol. The van der Waals surface area contributed by atoms with Gasteiger partial charge in [-0.1, -0.05) is 54.1 Å². The molecule has 0 aliphatic carbocycles. The Hall–Kier alpha value is -2.76. The molecule has 0 bridgehead atoms. The van der Waals surface area contributed by atoms with E-state index >= 15 is 0 Å². The molecule has 0 heterocycles. The highest BCUT2D eigenvalue weighted by molar-refractivity contribution is 6.30. The summed E-state index contributed by atoms with van der Waals surface area (Å²) in [6, 6.07) is 15.3. The van der Waals surface area contributed by atoms with Crippen molar-refractivity contribution in [2.45, 2.75) is 0 Å². The van der Waals surface area contributed by atoms with Gasteiger partial charge < -0.3 is 16.3 Å². The van der Waals surface area contributed by atoms with Crippen molar-refractivity contribution in [3.05, 3.63) is 76.6 Å². The maximum atomic E-state index is 10.8. The van der Waals surface area contributed by atoms with Gasteiger partial charge in [-0.05, 0) is 34.9 Å². The average Bonchev–Trinajstić information content (AvgIpc) is 2.56. The summed E-state index contributed by atoms with van der Waals surface area (Å²) < 4.78 is 0. The molecule has 0 saturated carbocycles. The van der Waals surface area contributed by atoms with Crippen LogP contribution in [0, 0.1) is 0 Å². The van der Waals surface area contributed by atoms with E-state index in [1.807, 2.05) is 48.5 Å². The van der Waals surface area contributed by atoms with E-state index < -0.39 is 5.97 Å². The zero-order valence-corrected chi connectivity index (χ0v) is 12.9. The lowest BCUT2D eigenvalue weighted by Crippen LogP contribution is -2.26. The number of halogens is 1. The molecule has 2 rings (SSSR count). The predicted octanol–water partition coefficient (Wildman–Crippen LogP) is 2.74. The van der Waals surface area contributed by atoms with Crippen LogP contribution in [0.4, 0.5) is 0 Å². The van der Waals surface area contributed by atoms with Crippen LogP contribution in [0.2, 0.25) is 5.02 Å². The second-order valence-corrected chi connectivity index (χ2v) is 5.18. The van der Waals surface area contributed by atoms with Gasteiger partial charge >= 0.3 is 5.97 Å². The van der Waals surface area contributed by atoms with E-state index in [-0.39, 0.29) is 11.4 Å². The Bertz CT molecular complexity index is 750. The van der Waals surface area contributed by atoms with Crippen LogP contribution in [0.5, 0.6) is 0 Å². The van der Waals surface area contributed by atoms with Gasteiger partial charge in [-0.25, -0.2) is 4.79 Å². The van der Waals surface area contributed by atoms with E-state index in [0.717, 1.165) is 16.7 Å². The van der Waals surface area contributed by atoms with Crippen LogP contribution in [0.15, 0.2) is 66.0 Å². The zero-order chi connectivity index (χ0) is 16.8. The van der Waals surface area contributed by atoms with Gasteiger partial charge in [0.25, 0.3) is 0 Å². The highest BCUT2D eigenvalue weighted by Gasteiger charge is 2.06. The van der Waals surface area contributed by atoms with Crippen LogP contribution in [-0.2, 0) is 4.79 Å². The van der Waals surface area contributed by atoms with Crippen LogP contribution in [0.25, 0.3) is 17.2 Å². The van der Waals surface area contributed by atoms with Crippen molar-refractivity contribution in [1.82, 2.24) is 5.43 Å². The fourth-order valence-electron chi connectivity index (χ4n) is 1.94. The molecule has 0 aromatic heterocycles. The second kappa shape index (κ2) is 7.49. The normalized spacial score (nSPS) is 12.1. The van der Waals surface area contributed by atoms with Crippen molar-refractivity contribution in [2.75, 3.05) is 0 Å². The topological polar surface area (TPSA) is 101 Å². The molecule has 0 spiro atoms. The standard InChI is InChI=1S/C17H16ClN3O2/c18-14-8-6-13(7-9-14)12-4-1-11(2-5-12)3-10-15(21-20)16(19)17(22)23/h1-10,21H,19-20H2,(H,22,23)/b10-3+,16-15-. The Morgan fingerprint density at radius 3 is 2.04 bits per heavy atom. The Kier molecular flexibility index (Phi) is 5.41. The Morgan fingerprint density at radius 1 is 1.04 bits per heavy atom. The van der Waals surface area contributed by atoms with Gasteiger partial charge in [-0.15, -0.1) is 0 Å². The predicted molar refractivity (Wildman–Crippen MR) is 92.1 cm³/mol. The smallest absolute Gasteiger partial charge is 0.353 e. The van der Waals surface area contributed by atoms with E-state index in [4.69, 9.17) is 28.3 Å². The molecule has 0 aliphatic rings. The second-order valence-electron chi connectivity index (χ2n) is 4.74. The van der Waals surface area contributed by atoms with Crippen molar-refractivity contribution >= 4 is 23.6 Å². The molecule has 6 heteroatoms. The molecule has 23 heavy (non-hydrogen) atoms. The number of carboxylic acids is 1. The molecule has 118 valence electrons. The average molecular weight is 330 g/mol. The first-order chi connectivity index (χ1) is 11.0. The van der Waals surface area contributed by atoms with Crippen molar-refractivity contribution in [3.8, 4) is 11.1 Å². The maximum absolute atomic E-state index is 10.8. The molecule has 0 aliphatic heterocycles. The van der Waals surface area contributed by atoms with Gasteiger partial charge in [-0.3, -0.25) is 5.84 Å². The highest BCUT2D eigenvalue weighted by atomic mass is 35.5. The molecule has 6 N–H and O–H groups in total. The third-order valence-electron chi connectivity index (χ3n) is 3.21. The third-order valence-corrected chi connectivity index (χ3v) is 3.46. The number of hydrogen-bond donors (Lipinski definition) is 4. The monoisotopic (exact) mass is 329 g/mol. The summed E-state index contributed by atoms with van der Waals surface area (Å²) in [6.07, 6.45) is 3.23. The minimum absolute atomic E-state index is 0.138. The van der Waals surface area contributed by atoms with E-state index in [1.54, 1.807) is 6.08 Å². The summed E-state index contributed by atoms with van der Waals surface area (Å²) in [5.41, 5.74) is 10.5. The molecular formula is C17H16ClN3O2. The summed E-state index contributed by atoms with van der Waals surface area (Å²) in [6.45, 7) is 0. The number of aliphatic carboxylic acids is 1.